The van der Waals surface area contributed by atoms with Gasteiger partial charge in [0.05, 0.1) is 10.2 Å². The van der Waals surface area contributed by atoms with E-state index >= 15 is 0 Å². The molecule has 27 heavy (non-hydrogen) atoms. The second-order valence-corrected chi connectivity index (χ2v) is 8.21. The fourth-order valence-corrected chi connectivity index (χ4v) is 4.66. The third-order valence-corrected chi connectivity index (χ3v) is 6.00. The molecule has 0 spiro atoms. The van der Waals surface area contributed by atoms with Gasteiger partial charge < -0.3 is 15.1 Å². The number of carbonyl (C=O) groups excluding carboxylic acids is 1. The lowest BCUT2D eigenvalue weighted by Crippen LogP contribution is -2.50. The number of benzene rings is 2. The highest BCUT2D eigenvalue weighted by molar-refractivity contribution is 7.22. The van der Waals surface area contributed by atoms with Crippen LogP contribution in [0.2, 0.25) is 0 Å². The normalized spacial score (nSPS) is 14.6. The molecule has 3 aromatic rings. The number of rotatable bonds is 2. The summed E-state index contributed by atoms with van der Waals surface area (Å²) in [6.07, 6.45) is 0. The number of aryl methyl sites for hydroxylation is 3. The van der Waals surface area contributed by atoms with E-state index < -0.39 is 0 Å². The number of nitrogens with zero attached hydrogens (tertiary/aromatic N) is 3. The van der Waals surface area contributed by atoms with E-state index in [1.54, 1.807) is 11.3 Å². The second kappa shape index (κ2) is 7.19. The van der Waals surface area contributed by atoms with Crippen LogP contribution >= 0.6 is 11.3 Å². The minimum absolute atomic E-state index is 0.0280. The summed E-state index contributed by atoms with van der Waals surface area (Å²) in [5.41, 5.74) is 5.47. The number of fused-ring (bicyclic) bond motifs is 1. The number of aromatic nitrogens is 1. The van der Waals surface area contributed by atoms with Crippen LogP contribution in [0.15, 0.2) is 36.4 Å². The monoisotopic (exact) mass is 380 g/mol. The summed E-state index contributed by atoms with van der Waals surface area (Å²) in [5.74, 6) is 0. The molecule has 1 N–H and O–H groups in total. The molecular formula is C21H24N4OS. The highest BCUT2D eigenvalue weighted by atomic mass is 32.1. The first-order valence-electron chi connectivity index (χ1n) is 9.25. The first-order valence-corrected chi connectivity index (χ1v) is 10.1. The molecule has 0 aliphatic carbocycles. The maximum Gasteiger partial charge on any atom is 0.321 e. The van der Waals surface area contributed by atoms with Crippen LogP contribution in [0.4, 0.5) is 15.6 Å². The highest BCUT2D eigenvalue weighted by Gasteiger charge is 2.23. The molecule has 0 radical (unpaired) electrons. The third-order valence-electron chi connectivity index (χ3n) is 4.92. The van der Waals surface area contributed by atoms with Gasteiger partial charge in [-0.25, -0.2) is 9.78 Å². The summed E-state index contributed by atoms with van der Waals surface area (Å²) < 4.78 is 1.22. The Labute approximate surface area is 163 Å². The largest absolute Gasteiger partial charge is 0.345 e. The zero-order chi connectivity index (χ0) is 19.0. The number of carbonyl (C=O) groups is 1. The molecule has 0 atom stereocenters. The van der Waals surface area contributed by atoms with E-state index in [-0.39, 0.29) is 6.03 Å². The molecule has 1 fully saturated rings. The van der Waals surface area contributed by atoms with Gasteiger partial charge in [0.15, 0.2) is 5.13 Å². The van der Waals surface area contributed by atoms with Crippen molar-refractivity contribution in [3.63, 3.8) is 0 Å². The van der Waals surface area contributed by atoms with Crippen LogP contribution in [0.3, 0.4) is 0 Å². The van der Waals surface area contributed by atoms with Crippen molar-refractivity contribution in [3.05, 3.63) is 53.1 Å². The smallest absolute Gasteiger partial charge is 0.321 e. The third kappa shape index (κ3) is 3.76. The van der Waals surface area contributed by atoms with Crippen molar-refractivity contribution >= 4 is 38.4 Å². The first kappa shape index (κ1) is 17.8. The van der Waals surface area contributed by atoms with E-state index in [1.165, 1.54) is 10.3 Å². The fraction of sp³-hybridized carbons (Fsp3) is 0.333. The predicted octanol–water partition coefficient (Wildman–Crippen LogP) is 4.58. The van der Waals surface area contributed by atoms with Gasteiger partial charge in [-0.15, -0.1) is 0 Å². The van der Waals surface area contributed by atoms with Gasteiger partial charge in [0.1, 0.15) is 0 Å². The maximum atomic E-state index is 12.6. The molecule has 2 amide bonds. The molecule has 140 valence electrons. The molecule has 0 bridgehead atoms. The van der Waals surface area contributed by atoms with Gasteiger partial charge in [-0.05, 0) is 55.7 Å². The van der Waals surface area contributed by atoms with E-state index in [4.69, 9.17) is 4.98 Å². The molecule has 2 heterocycles. The number of amides is 2. The number of anilines is 2. The zero-order valence-corrected chi connectivity index (χ0v) is 16.8. The summed E-state index contributed by atoms with van der Waals surface area (Å²) in [5, 5.41) is 4.08. The van der Waals surface area contributed by atoms with Crippen molar-refractivity contribution in [1.82, 2.24) is 9.88 Å². The Balaban J connectivity index is 1.40. The zero-order valence-electron chi connectivity index (χ0n) is 16.0. The van der Waals surface area contributed by atoms with Crippen molar-refractivity contribution < 1.29 is 4.79 Å². The molecule has 1 aromatic heterocycles. The number of para-hydroxylation sites is 1. The van der Waals surface area contributed by atoms with Crippen LogP contribution in [0.25, 0.3) is 10.2 Å². The SMILES string of the molecule is Cc1cc(C)cc(NC(=O)N2CCN(c3nc4c(C)cccc4s3)CC2)c1. The van der Waals surface area contributed by atoms with Gasteiger partial charge in [0.2, 0.25) is 0 Å². The Morgan fingerprint density at radius 2 is 1.74 bits per heavy atom. The lowest BCUT2D eigenvalue weighted by atomic mass is 10.1. The lowest BCUT2D eigenvalue weighted by molar-refractivity contribution is 0.208. The Hall–Kier alpha value is -2.60. The number of piperazine rings is 1. The standard InChI is InChI=1S/C21H24N4OS/c1-14-11-15(2)13-17(12-14)22-20(26)24-7-9-25(10-8-24)21-23-19-16(3)5-4-6-18(19)27-21/h4-6,11-13H,7-10H2,1-3H3,(H,22,26). The summed E-state index contributed by atoms with van der Waals surface area (Å²) in [6, 6.07) is 12.4. The Morgan fingerprint density at radius 1 is 1.04 bits per heavy atom. The van der Waals surface area contributed by atoms with Crippen LogP contribution < -0.4 is 10.2 Å². The first-order chi connectivity index (χ1) is 13.0. The van der Waals surface area contributed by atoms with E-state index in [2.05, 4.69) is 41.4 Å². The maximum absolute atomic E-state index is 12.6. The Morgan fingerprint density at radius 3 is 2.41 bits per heavy atom. The van der Waals surface area contributed by atoms with Crippen molar-refractivity contribution in [1.29, 1.82) is 0 Å². The van der Waals surface area contributed by atoms with Gasteiger partial charge in [-0.3, -0.25) is 0 Å². The molecule has 1 saturated heterocycles. The quantitative estimate of drug-likeness (QED) is 0.708. The minimum atomic E-state index is -0.0280. The van der Waals surface area contributed by atoms with E-state index in [0.29, 0.717) is 13.1 Å². The molecule has 4 rings (SSSR count). The van der Waals surface area contributed by atoms with Gasteiger partial charge in [-0.1, -0.05) is 29.5 Å². The van der Waals surface area contributed by atoms with Crippen LogP contribution in [-0.2, 0) is 0 Å². The Kier molecular flexibility index (Phi) is 4.74. The van der Waals surface area contributed by atoms with Crippen molar-refractivity contribution in [2.24, 2.45) is 0 Å². The minimum Gasteiger partial charge on any atom is -0.345 e. The van der Waals surface area contributed by atoms with Crippen molar-refractivity contribution in [2.45, 2.75) is 20.8 Å². The fourth-order valence-electron chi connectivity index (χ4n) is 3.56. The van der Waals surface area contributed by atoms with Crippen LogP contribution in [0, 0.1) is 20.8 Å². The Bertz CT molecular complexity index is 969. The van der Waals surface area contributed by atoms with E-state index in [1.807, 2.05) is 30.9 Å². The number of hydrogen-bond donors (Lipinski definition) is 1. The van der Waals surface area contributed by atoms with Crippen molar-refractivity contribution in [2.75, 3.05) is 36.4 Å². The molecule has 6 heteroatoms. The average molecular weight is 381 g/mol. The van der Waals surface area contributed by atoms with Gasteiger partial charge >= 0.3 is 6.03 Å². The van der Waals surface area contributed by atoms with Crippen LogP contribution in [-0.4, -0.2) is 42.1 Å². The summed E-state index contributed by atoms with van der Waals surface area (Å²) in [6.45, 7) is 9.19. The molecular weight excluding hydrogens is 356 g/mol. The predicted molar refractivity (Wildman–Crippen MR) is 113 cm³/mol. The average Bonchev–Trinajstić information content (AvgIpc) is 3.07. The molecule has 1 aliphatic rings. The van der Waals surface area contributed by atoms with Gasteiger partial charge in [0.25, 0.3) is 0 Å². The number of urea groups is 1. The van der Waals surface area contributed by atoms with Crippen LogP contribution in [0.5, 0.6) is 0 Å². The van der Waals surface area contributed by atoms with E-state index in [9.17, 15) is 4.79 Å². The van der Waals surface area contributed by atoms with Gasteiger partial charge in [-0.2, -0.15) is 0 Å². The highest BCUT2D eigenvalue weighted by Crippen LogP contribution is 2.31. The number of hydrogen-bond acceptors (Lipinski definition) is 4. The topological polar surface area (TPSA) is 48.5 Å². The van der Waals surface area contributed by atoms with E-state index in [0.717, 1.165) is 40.6 Å². The lowest BCUT2D eigenvalue weighted by Gasteiger charge is -2.34. The van der Waals surface area contributed by atoms with Crippen LogP contribution in [0.1, 0.15) is 16.7 Å². The number of nitrogens with one attached hydrogen (secondary N) is 1. The summed E-state index contributed by atoms with van der Waals surface area (Å²) >= 11 is 1.73. The summed E-state index contributed by atoms with van der Waals surface area (Å²) in [7, 11) is 0. The molecule has 1 aliphatic heterocycles. The van der Waals surface area contributed by atoms with Gasteiger partial charge in [0, 0.05) is 31.9 Å². The number of thiazole rings is 1. The molecule has 2 aromatic carbocycles. The van der Waals surface area contributed by atoms with Crippen molar-refractivity contribution in [3.8, 4) is 0 Å². The molecule has 0 saturated carbocycles. The summed E-state index contributed by atoms with van der Waals surface area (Å²) in [4.78, 5) is 21.6. The molecule has 5 nitrogen and oxygen atoms in total. The second-order valence-electron chi connectivity index (χ2n) is 7.20. The molecule has 0 unspecified atom stereocenters.